The van der Waals surface area contributed by atoms with Crippen LogP contribution in [0.25, 0.3) is 0 Å². The normalized spacial score (nSPS) is 11.2. The Morgan fingerprint density at radius 2 is 1.70 bits per heavy atom. The van der Waals surface area contributed by atoms with Crippen LogP contribution in [0.2, 0.25) is 0 Å². The number of halogens is 3. The zero-order valence-electron chi connectivity index (χ0n) is 10.8. The van der Waals surface area contributed by atoms with E-state index in [9.17, 15) is 22.8 Å². The molecule has 1 amide bonds. The van der Waals surface area contributed by atoms with Gasteiger partial charge >= 0.3 is 12.1 Å². The van der Waals surface area contributed by atoms with Gasteiger partial charge in [-0.15, -0.1) is 0 Å². The molecule has 7 heteroatoms. The Morgan fingerprint density at radius 3 is 2.15 bits per heavy atom. The third-order valence-corrected chi connectivity index (χ3v) is 2.68. The fourth-order valence-electron chi connectivity index (χ4n) is 1.57. The van der Waals surface area contributed by atoms with Gasteiger partial charge in [-0.3, -0.25) is 9.59 Å². The summed E-state index contributed by atoms with van der Waals surface area (Å²) >= 11 is 0. The van der Waals surface area contributed by atoms with Gasteiger partial charge in [-0.25, -0.2) is 0 Å². The Morgan fingerprint density at radius 1 is 1.15 bits per heavy atom. The van der Waals surface area contributed by atoms with Crippen molar-refractivity contribution in [2.75, 3.05) is 7.05 Å². The number of alkyl halides is 3. The first-order valence-electron chi connectivity index (χ1n) is 5.82. The summed E-state index contributed by atoms with van der Waals surface area (Å²) in [6, 6.07) is 4.49. The molecule has 0 aliphatic rings. The Labute approximate surface area is 113 Å². The van der Waals surface area contributed by atoms with Crippen LogP contribution in [0.15, 0.2) is 24.3 Å². The molecule has 20 heavy (non-hydrogen) atoms. The van der Waals surface area contributed by atoms with E-state index in [1.54, 1.807) is 0 Å². The molecule has 1 N–H and O–H groups in total. The van der Waals surface area contributed by atoms with Gasteiger partial charge in [0, 0.05) is 20.0 Å². The molecule has 4 nitrogen and oxygen atoms in total. The van der Waals surface area contributed by atoms with E-state index in [1.165, 1.54) is 24.1 Å². The first-order valence-corrected chi connectivity index (χ1v) is 5.82. The minimum absolute atomic E-state index is 0.132. The molecular weight excluding hydrogens is 275 g/mol. The van der Waals surface area contributed by atoms with Crippen LogP contribution in [-0.2, 0) is 22.3 Å². The van der Waals surface area contributed by atoms with Gasteiger partial charge in [-0.05, 0) is 17.7 Å². The molecule has 1 rings (SSSR count). The molecule has 0 radical (unpaired) electrons. The smallest absolute Gasteiger partial charge is 0.416 e. The molecule has 0 unspecified atom stereocenters. The lowest BCUT2D eigenvalue weighted by Gasteiger charge is -2.17. The first-order chi connectivity index (χ1) is 9.20. The number of hydrogen-bond donors (Lipinski definition) is 1. The summed E-state index contributed by atoms with van der Waals surface area (Å²) in [4.78, 5) is 23.2. The van der Waals surface area contributed by atoms with Gasteiger partial charge in [0.2, 0.25) is 5.91 Å². The number of aliphatic carboxylic acids is 1. The zero-order chi connectivity index (χ0) is 15.3. The van der Waals surface area contributed by atoms with E-state index in [-0.39, 0.29) is 25.3 Å². The molecule has 0 atom stereocenters. The molecule has 1 aromatic carbocycles. The molecular formula is C13H14F3NO3. The highest BCUT2D eigenvalue weighted by Gasteiger charge is 2.29. The number of amides is 1. The molecule has 110 valence electrons. The van der Waals surface area contributed by atoms with E-state index in [2.05, 4.69) is 0 Å². The van der Waals surface area contributed by atoms with Crippen molar-refractivity contribution in [2.45, 2.75) is 25.6 Å². The lowest BCUT2D eigenvalue weighted by atomic mass is 10.1. The highest BCUT2D eigenvalue weighted by atomic mass is 19.4. The van der Waals surface area contributed by atoms with E-state index < -0.39 is 17.7 Å². The number of hydrogen-bond acceptors (Lipinski definition) is 2. The minimum Gasteiger partial charge on any atom is -0.481 e. The number of rotatable bonds is 5. The number of benzene rings is 1. The van der Waals surface area contributed by atoms with Gasteiger partial charge in [0.1, 0.15) is 0 Å². The predicted octanol–water partition coefficient (Wildman–Crippen LogP) is 2.53. The third kappa shape index (κ3) is 4.91. The second-order valence-corrected chi connectivity index (χ2v) is 4.34. The minimum atomic E-state index is -4.39. The van der Waals surface area contributed by atoms with Crippen molar-refractivity contribution >= 4 is 11.9 Å². The van der Waals surface area contributed by atoms with Gasteiger partial charge < -0.3 is 10.0 Å². The highest BCUT2D eigenvalue weighted by molar-refractivity contribution is 5.80. The van der Waals surface area contributed by atoms with Crippen LogP contribution < -0.4 is 0 Å². The monoisotopic (exact) mass is 289 g/mol. The quantitative estimate of drug-likeness (QED) is 0.906. The maximum atomic E-state index is 12.4. The molecule has 0 aliphatic heterocycles. The van der Waals surface area contributed by atoms with Gasteiger partial charge in [-0.1, -0.05) is 12.1 Å². The summed E-state index contributed by atoms with van der Waals surface area (Å²) in [6.45, 7) is 0.136. The molecule has 1 aromatic rings. The highest BCUT2D eigenvalue weighted by Crippen LogP contribution is 2.29. The van der Waals surface area contributed by atoms with Crippen molar-refractivity contribution in [1.82, 2.24) is 4.90 Å². The molecule has 0 bridgehead atoms. The predicted molar refractivity (Wildman–Crippen MR) is 64.8 cm³/mol. The summed E-state index contributed by atoms with van der Waals surface area (Å²) < 4.78 is 37.1. The molecule has 0 fully saturated rings. The fraction of sp³-hybridized carbons (Fsp3) is 0.385. The SMILES string of the molecule is CN(Cc1ccc(C(F)(F)F)cc1)C(=O)CCC(=O)O. The van der Waals surface area contributed by atoms with Crippen molar-refractivity contribution in [3.63, 3.8) is 0 Å². The second-order valence-electron chi connectivity index (χ2n) is 4.34. The van der Waals surface area contributed by atoms with Crippen LogP contribution in [-0.4, -0.2) is 28.9 Å². The Hall–Kier alpha value is -2.05. The molecule has 0 spiro atoms. The van der Waals surface area contributed by atoms with Gasteiger partial charge in [-0.2, -0.15) is 13.2 Å². The van der Waals surface area contributed by atoms with Gasteiger partial charge in [0.25, 0.3) is 0 Å². The average molecular weight is 289 g/mol. The Balaban J connectivity index is 2.60. The largest absolute Gasteiger partial charge is 0.481 e. The number of carboxylic acid groups (broad SMARTS) is 1. The summed E-state index contributed by atoms with van der Waals surface area (Å²) in [5.41, 5.74) is -0.203. The van der Waals surface area contributed by atoms with E-state index in [0.717, 1.165) is 12.1 Å². The van der Waals surface area contributed by atoms with Gasteiger partial charge in [0.05, 0.1) is 12.0 Å². The summed E-state index contributed by atoms with van der Waals surface area (Å²) in [7, 11) is 1.47. The van der Waals surface area contributed by atoms with E-state index in [4.69, 9.17) is 5.11 Å². The van der Waals surface area contributed by atoms with Crippen molar-refractivity contribution in [2.24, 2.45) is 0 Å². The number of nitrogens with zero attached hydrogens (tertiary/aromatic N) is 1. The molecule has 0 aliphatic carbocycles. The number of carbonyl (C=O) groups excluding carboxylic acids is 1. The fourth-order valence-corrected chi connectivity index (χ4v) is 1.57. The number of carboxylic acids is 1. The van der Waals surface area contributed by atoms with E-state index in [1.807, 2.05) is 0 Å². The molecule has 0 aromatic heterocycles. The summed E-state index contributed by atoms with van der Waals surface area (Å²) in [5.74, 6) is -1.44. The van der Waals surface area contributed by atoms with Crippen molar-refractivity contribution in [1.29, 1.82) is 0 Å². The topological polar surface area (TPSA) is 57.6 Å². The zero-order valence-corrected chi connectivity index (χ0v) is 10.8. The summed E-state index contributed by atoms with van der Waals surface area (Å²) in [6.07, 6.45) is -4.79. The van der Waals surface area contributed by atoms with Crippen molar-refractivity contribution in [3.05, 3.63) is 35.4 Å². The molecule has 0 heterocycles. The Bertz CT molecular complexity index is 483. The van der Waals surface area contributed by atoms with Gasteiger partial charge in [0.15, 0.2) is 0 Å². The maximum absolute atomic E-state index is 12.4. The van der Waals surface area contributed by atoms with Crippen LogP contribution in [0.3, 0.4) is 0 Å². The molecule has 0 saturated heterocycles. The standard InChI is InChI=1S/C13H14F3NO3/c1-17(11(18)6-7-12(19)20)8-9-2-4-10(5-3-9)13(14,15)16/h2-5H,6-8H2,1H3,(H,19,20). The second kappa shape index (κ2) is 6.40. The van der Waals surface area contributed by atoms with Crippen LogP contribution in [0.5, 0.6) is 0 Å². The average Bonchev–Trinajstić information content (AvgIpc) is 2.35. The van der Waals surface area contributed by atoms with Crippen molar-refractivity contribution < 1.29 is 27.9 Å². The van der Waals surface area contributed by atoms with Crippen molar-refractivity contribution in [3.8, 4) is 0 Å². The number of carbonyl (C=O) groups is 2. The van der Waals surface area contributed by atoms with Crippen LogP contribution in [0.1, 0.15) is 24.0 Å². The maximum Gasteiger partial charge on any atom is 0.416 e. The first kappa shape index (κ1) is 16.0. The Kier molecular flexibility index (Phi) is 5.12. The lowest BCUT2D eigenvalue weighted by molar-refractivity contribution is -0.140. The summed E-state index contributed by atoms with van der Waals surface area (Å²) in [5, 5.41) is 8.46. The molecule has 0 saturated carbocycles. The van der Waals surface area contributed by atoms with E-state index in [0.29, 0.717) is 5.56 Å². The lowest BCUT2D eigenvalue weighted by Crippen LogP contribution is -2.26. The third-order valence-electron chi connectivity index (χ3n) is 2.68. The van der Waals surface area contributed by atoms with E-state index >= 15 is 0 Å². The van der Waals surface area contributed by atoms with Crippen LogP contribution in [0, 0.1) is 0 Å². The van der Waals surface area contributed by atoms with Crippen LogP contribution in [0.4, 0.5) is 13.2 Å². The van der Waals surface area contributed by atoms with Crippen LogP contribution >= 0.6 is 0 Å².